The highest BCUT2D eigenvalue weighted by Gasteiger charge is 2.57. The van der Waals surface area contributed by atoms with E-state index in [1.165, 1.54) is 0 Å². The lowest BCUT2D eigenvalue weighted by Crippen LogP contribution is -2.68. The maximum absolute atomic E-state index is 13.7. The van der Waals surface area contributed by atoms with Gasteiger partial charge in [-0.05, 0) is 58.6 Å². The minimum absolute atomic E-state index is 0.00154. The first kappa shape index (κ1) is 21.7. The molecule has 168 valence electrons. The number of urea groups is 1. The fourth-order valence-electron chi connectivity index (χ4n) is 5.50. The molecule has 1 N–H and O–H groups in total. The van der Waals surface area contributed by atoms with Crippen molar-refractivity contribution in [1.82, 2.24) is 20.0 Å². The van der Waals surface area contributed by atoms with Crippen molar-refractivity contribution < 1.29 is 14.4 Å². The Morgan fingerprint density at radius 1 is 1.00 bits per heavy atom. The van der Waals surface area contributed by atoms with Crippen molar-refractivity contribution in [3.63, 3.8) is 0 Å². The second kappa shape index (κ2) is 8.17. The zero-order valence-corrected chi connectivity index (χ0v) is 19.1. The predicted octanol–water partition coefficient (Wildman–Crippen LogP) is 2.82. The number of nitrogens with zero attached hydrogens (tertiary/aromatic N) is 3. The summed E-state index contributed by atoms with van der Waals surface area (Å²) >= 11 is 0. The summed E-state index contributed by atoms with van der Waals surface area (Å²) in [4.78, 5) is 45.7. The number of rotatable bonds is 3. The molecule has 3 aliphatic heterocycles. The molecule has 0 bridgehead atoms. The van der Waals surface area contributed by atoms with Crippen molar-refractivity contribution in [1.29, 1.82) is 0 Å². The van der Waals surface area contributed by atoms with Crippen molar-refractivity contribution in [3.05, 3.63) is 35.4 Å². The standard InChI is InChI=1S/C24H34N4O3/c1-16(2)25-23(31)27-14-10-24(11-15-27)20(22(30)26-12-7-13-26)18-8-5-6-9-19(18)21(29)28(24)17(3)4/h5-6,8-9,16-17,20H,7,10-15H2,1-4H3,(H,25,31). The molecule has 3 aliphatic rings. The molecule has 7 heteroatoms. The topological polar surface area (TPSA) is 73.0 Å². The van der Waals surface area contributed by atoms with Crippen molar-refractivity contribution in [3.8, 4) is 0 Å². The number of benzene rings is 1. The average molecular weight is 427 g/mol. The SMILES string of the molecule is CC(C)NC(=O)N1CCC2(CC1)C(C(=O)N1CCC1)c1ccccc1C(=O)N2C(C)C. The van der Waals surface area contributed by atoms with Crippen LogP contribution in [0.5, 0.6) is 0 Å². The van der Waals surface area contributed by atoms with E-state index in [0.29, 0.717) is 31.5 Å². The molecular weight excluding hydrogens is 392 g/mol. The van der Waals surface area contributed by atoms with Crippen molar-refractivity contribution >= 4 is 17.8 Å². The highest BCUT2D eigenvalue weighted by molar-refractivity contribution is 6.02. The van der Waals surface area contributed by atoms with Gasteiger partial charge in [-0.3, -0.25) is 9.59 Å². The molecule has 1 spiro atoms. The number of carbonyl (C=O) groups is 3. The zero-order valence-electron chi connectivity index (χ0n) is 19.1. The van der Waals surface area contributed by atoms with E-state index < -0.39 is 5.54 Å². The van der Waals surface area contributed by atoms with Gasteiger partial charge in [-0.1, -0.05) is 18.2 Å². The Labute approximate surface area is 184 Å². The van der Waals surface area contributed by atoms with Gasteiger partial charge in [-0.2, -0.15) is 0 Å². The number of fused-ring (bicyclic) bond motifs is 1. The van der Waals surface area contributed by atoms with Crippen LogP contribution >= 0.6 is 0 Å². The van der Waals surface area contributed by atoms with E-state index in [0.717, 1.165) is 25.1 Å². The normalized spacial score (nSPS) is 22.6. The molecule has 7 nitrogen and oxygen atoms in total. The van der Waals surface area contributed by atoms with E-state index in [2.05, 4.69) is 5.32 Å². The summed E-state index contributed by atoms with van der Waals surface area (Å²) in [6.45, 7) is 10.6. The zero-order chi connectivity index (χ0) is 22.3. The molecule has 1 unspecified atom stereocenters. The molecule has 1 aromatic rings. The van der Waals surface area contributed by atoms with Gasteiger partial charge >= 0.3 is 6.03 Å². The summed E-state index contributed by atoms with van der Waals surface area (Å²) in [5, 5.41) is 2.96. The lowest BCUT2D eigenvalue weighted by atomic mass is 9.66. The number of carbonyl (C=O) groups excluding carboxylic acids is 3. The van der Waals surface area contributed by atoms with Crippen LogP contribution < -0.4 is 5.32 Å². The number of hydrogen-bond acceptors (Lipinski definition) is 3. The third kappa shape index (κ3) is 3.58. The molecule has 0 radical (unpaired) electrons. The highest BCUT2D eigenvalue weighted by atomic mass is 16.2. The largest absolute Gasteiger partial charge is 0.342 e. The van der Waals surface area contributed by atoms with E-state index in [1.807, 2.05) is 66.7 Å². The molecule has 2 saturated heterocycles. The molecular formula is C24H34N4O3. The highest BCUT2D eigenvalue weighted by Crippen LogP contribution is 2.49. The minimum Gasteiger partial charge on any atom is -0.342 e. The van der Waals surface area contributed by atoms with Gasteiger partial charge in [0.1, 0.15) is 0 Å². The Kier molecular flexibility index (Phi) is 5.71. The van der Waals surface area contributed by atoms with Crippen LogP contribution in [0.15, 0.2) is 24.3 Å². The molecule has 2 fully saturated rings. The van der Waals surface area contributed by atoms with Crippen LogP contribution in [0.1, 0.15) is 68.8 Å². The second-order valence-corrected chi connectivity index (χ2v) is 9.66. The molecule has 3 heterocycles. The third-order valence-corrected chi connectivity index (χ3v) is 7.00. The smallest absolute Gasteiger partial charge is 0.317 e. The number of amides is 4. The first-order valence-electron chi connectivity index (χ1n) is 11.5. The molecule has 0 aromatic heterocycles. The van der Waals surface area contributed by atoms with Gasteiger partial charge in [0.05, 0.1) is 11.5 Å². The summed E-state index contributed by atoms with van der Waals surface area (Å²) in [5.41, 5.74) is 0.878. The second-order valence-electron chi connectivity index (χ2n) is 9.66. The van der Waals surface area contributed by atoms with E-state index in [-0.39, 0.29) is 35.8 Å². The molecule has 4 amide bonds. The van der Waals surface area contributed by atoms with Crippen molar-refractivity contribution in [2.45, 2.75) is 70.5 Å². The van der Waals surface area contributed by atoms with Crippen LogP contribution in [0.3, 0.4) is 0 Å². The number of likely N-dealkylation sites (tertiary alicyclic amines) is 2. The third-order valence-electron chi connectivity index (χ3n) is 7.00. The fraction of sp³-hybridized carbons (Fsp3) is 0.625. The monoisotopic (exact) mass is 426 g/mol. The Hall–Kier alpha value is -2.57. The van der Waals surface area contributed by atoms with Crippen molar-refractivity contribution in [2.75, 3.05) is 26.2 Å². The Morgan fingerprint density at radius 2 is 1.65 bits per heavy atom. The lowest BCUT2D eigenvalue weighted by molar-refractivity contribution is -0.142. The maximum Gasteiger partial charge on any atom is 0.317 e. The van der Waals surface area contributed by atoms with E-state index in [4.69, 9.17) is 0 Å². The van der Waals surface area contributed by atoms with Gasteiger partial charge in [0.15, 0.2) is 0 Å². The summed E-state index contributed by atoms with van der Waals surface area (Å²) in [6.07, 6.45) is 2.23. The summed E-state index contributed by atoms with van der Waals surface area (Å²) in [5.74, 6) is -0.269. The Morgan fingerprint density at radius 3 is 2.19 bits per heavy atom. The lowest BCUT2D eigenvalue weighted by Gasteiger charge is -2.57. The molecule has 0 aliphatic carbocycles. The van der Waals surface area contributed by atoms with Gasteiger partial charge in [-0.15, -0.1) is 0 Å². The fourth-order valence-corrected chi connectivity index (χ4v) is 5.50. The van der Waals surface area contributed by atoms with Crippen LogP contribution in [0, 0.1) is 0 Å². The van der Waals surface area contributed by atoms with E-state index in [9.17, 15) is 14.4 Å². The van der Waals surface area contributed by atoms with Gasteiger partial charge in [0, 0.05) is 43.8 Å². The number of hydrogen-bond donors (Lipinski definition) is 1. The molecule has 1 atom stereocenters. The molecule has 0 saturated carbocycles. The van der Waals surface area contributed by atoms with Gasteiger partial charge in [0.2, 0.25) is 5.91 Å². The van der Waals surface area contributed by atoms with Gasteiger partial charge in [-0.25, -0.2) is 4.79 Å². The van der Waals surface area contributed by atoms with Crippen LogP contribution in [-0.4, -0.2) is 76.3 Å². The van der Waals surface area contributed by atoms with Crippen molar-refractivity contribution in [2.24, 2.45) is 0 Å². The quantitative estimate of drug-likeness (QED) is 0.808. The van der Waals surface area contributed by atoms with Gasteiger partial charge in [0.25, 0.3) is 5.91 Å². The van der Waals surface area contributed by atoms with Crippen LogP contribution in [0.25, 0.3) is 0 Å². The van der Waals surface area contributed by atoms with E-state index in [1.54, 1.807) is 0 Å². The molecule has 31 heavy (non-hydrogen) atoms. The molecule has 4 rings (SSSR count). The predicted molar refractivity (Wildman–Crippen MR) is 119 cm³/mol. The Bertz CT molecular complexity index is 869. The first-order valence-corrected chi connectivity index (χ1v) is 11.5. The summed E-state index contributed by atoms with van der Waals surface area (Å²) in [7, 11) is 0. The van der Waals surface area contributed by atoms with Crippen LogP contribution in [-0.2, 0) is 4.79 Å². The van der Waals surface area contributed by atoms with Crippen LogP contribution in [0.2, 0.25) is 0 Å². The van der Waals surface area contributed by atoms with E-state index >= 15 is 0 Å². The average Bonchev–Trinajstić information content (AvgIpc) is 2.66. The van der Waals surface area contributed by atoms with Crippen LogP contribution in [0.4, 0.5) is 4.79 Å². The number of piperidine rings is 1. The first-order chi connectivity index (χ1) is 14.8. The number of nitrogens with one attached hydrogen (secondary N) is 1. The maximum atomic E-state index is 13.7. The molecule has 1 aromatic carbocycles. The Balaban J connectivity index is 1.74. The summed E-state index contributed by atoms with van der Waals surface area (Å²) in [6, 6.07) is 7.55. The summed E-state index contributed by atoms with van der Waals surface area (Å²) < 4.78 is 0. The van der Waals surface area contributed by atoms with Gasteiger partial charge < -0.3 is 20.0 Å². The minimum atomic E-state index is -0.610.